The maximum absolute atomic E-state index is 12.1. The molecule has 1 aromatic rings. The van der Waals surface area contributed by atoms with Crippen LogP contribution in [0.4, 0.5) is 0 Å². The third kappa shape index (κ3) is 2.41. The van der Waals surface area contributed by atoms with Gasteiger partial charge in [0, 0.05) is 19.1 Å². The first-order valence-corrected chi connectivity index (χ1v) is 7.03. The molecule has 0 radical (unpaired) electrons. The first-order valence-electron chi connectivity index (χ1n) is 7.03. The van der Waals surface area contributed by atoms with E-state index in [9.17, 15) is 9.59 Å². The first-order chi connectivity index (χ1) is 9.65. The van der Waals surface area contributed by atoms with Crippen LogP contribution < -0.4 is 10.6 Å². The van der Waals surface area contributed by atoms with Crippen LogP contribution in [0.5, 0.6) is 0 Å². The molecule has 0 aliphatic carbocycles. The lowest BCUT2D eigenvalue weighted by atomic mass is 10.1. The monoisotopic (exact) mass is 273 g/mol. The van der Waals surface area contributed by atoms with Gasteiger partial charge in [-0.05, 0) is 18.9 Å². The molecule has 0 spiro atoms. The quantitative estimate of drug-likeness (QED) is 0.830. The highest BCUT2D eigenvalue weighted by Crippen LogP contribution is 2.22. The number of amides is 2. The highest BCUT2D eigenvalue weighted by atomic mass is 16.2. The van der Waals surface area contributed by atoms with E-state index >= 15 is 0 Å². The van der Waals surface area contributed by atoms with Crippen molar-refractivity contribution in [3.05, 3.63) is 35.9 Å². The molecule has 3 rings (SSSR count). The van der Waals surface area contributed by atoms with Gasteiger partial charge >= 0.3 is 0 Å². The van der Waals surface area contributed by atoms with Crippen LogP contribution in [0.25, 0.3) is 0 Å². The Bertz CT molecular complexity index is 517. The Morgan fingerprint density at radius 1 is 1.30 bits per heavy atom. The Balaban J connectivity index is 1.61. The summed E-state index contributed by atoms with van der Waals surface area (Å²) >= 11 is 0. The fraction of sp³-hybridized carbons (Fsp3) is 0.467. The van der Waals surface area contributed by atoms with Crippen LogP contribution in [0.15, 0.2) is 30.3 Å². The lowest BCUT2D eigenvalue weighted by molar-refractivity contribution is -0.146. The minimum atomic E-state index is -0.397. The predicted molar refractivity (Wildman–Crippen MR) is 74.8 cm³/mol. The molecule has 106 valence electrons. The number of benzene rings is 1. The van der Waals surface area contributed by atoms with Gasteiger partial charge in [-0.25, -0.2) is 0 Å². The van der Waals surface area contributed by atoms with Crippen LogP contribution in [0, 0.1) is 0 Å². The zero-order valence-corrected chi connectivity index (χ0v) is 11.5. The second-order valence-electron chi connectivity index (χ2n) is 5.54. The van der Waals surface area contributed by atoms with E-state index < -0.39 is 6.04 Å². The summed E-state index contributed by atoms with van der Waals surface area (Å²) in [5.74, 6) is -0.000257. The maximum atomic E-state index is 12.1. The van der Waals surface area contributed by atoms with Crippen molar-refractivity contribution in [1.29, 1.82) is 0 Å². The summed E-state index contributed by atoms with van der Waals surface area (Å²) in [6.07, 6.45) is 0.692. The number of carbonyl (C=O) groups is 2. The molecule has 5 nitrogen and oxygen atoms in total. The predicted octanol–water partition coefficient (Wildman–Crippen LogP) is 0.264. The number of piperazine rings is 1. The van der Waals surface area contributed by atoms with Crippen molar-refractivity contribution in [2.75, 3.05) is 6.54 Å². The summed E-state index contributed by atoms with van der Waals surface area (Å²) in [6, 6.07) is 9.62. The summed E-state index contributed by atoms with van der Waals surface area (Å²) in [5.41, 5.74) is 1.21. The van der Waals surface area contributed by atoms with Gasteiger partial charge in [-0.1, -0.05) is 30.3 Å². The van der Waals surface area contributed by atoms with E-state index in [1.54, 1.807) is 11.8 Å². The minimum Gasteiger partial charge on any atom is -0.343 e. The number of nitrogens with zero attached hydrogens (tertiary/aromatic N) is 1. The Hall–Kier alpha value is -1.88. The van der Waals surface area contributed by atoms with E-state index in [1.807, 2.05) is 18.2 Å². The molecule has 2 amide bonds. The smallest absolute Gasteiger partial charge is 0.245 e. The normalized spacial score (nSPS) is 29.2. The zero-order valence-electron chi connectivity index (χ0n) is 11.5. The number of carbonyl (C=O) groups excluding carboxylic acids is 2. The fourth-order valence-electron chi connectivity index (χ4n) is 2.95. The molecule has 1 aromatic carbocycles. The van der Waals surface area contributed by atoms with Gasteiger partial charge in [0.1, 0.15) is 12.1 Å². The molecule has 2 N–H and O–H groups in total. The number of nitrogens with one attached hydrogen (secondary N) is 2. The van der Waals surface area contributed by atoms with Crippen LogP contribution in [-0.4, -0.2) is 41.4 Å². The summed E-state index contributed by atoms with van der Waals surface area (Å²) < 4.78 is 0. The molecule has 20 heavy (non-hydrogen) atoms. The topological polar surface area (TPSA) is 61.4 Å². The molecule has 3 atom stereocenters. The Morgan fingerprint density at radius 3 is 2.80 bits per heavy atom. The van der Waals surface area contributed by atoms with Crippen LogP contribution in [0.3, 0.4) is 0 Å². The SMILES string of the molecule is C[C@H]1NC(=O)[C@@H]2C[C@H](NCc3ccccc3)CN2C1=O. The van der Waals surface area contributed by atoms with Crippen molar-refractivity contribution in [1.82, 2.24) is 15.5 Å². The number of rotatable bonds is 3. The van der Waals surface area contributed by atoms with E-state index in [1.165, 1.54) is 5.56 Å². The van der Waals surface area contributed by atoms with Gasteiger partial charge in [0.25, 0.3) is 0 Å². The highest BCUT2D eigenvalue weighted by Gasteiger charge is 2.44. The molecule has 2 aliphatic rings. The third-order valence-corrected chi connectivity index (χ3v) is 4.05. The van der Waals surface area contributed by atoms with E-state index in [0.29, 0.717) is 13.0 Å². The molecular formula is C15H19N3O2. The van der Waals surface area contributed by atoms with E-state index in [-0.39, 0.29) is 23.9 Å². The molecular weight excluding hydrogens is 254 g/mol. The largest absolute Gasteiger partial charge is 0.343 e. The highest BCUT2D eigenvalue weighted by molar-refractivity contribution is 5.97. The molecule has 2 saturated heterocycles. The van der Waals surface area contributed by atoms with Gasteiger partial charge in [0.15, 0.2) is 0 Å². The molecule has 2 heterocycles. The van der Waals surface area contributed by atoms with Gasteiger partial charge in [-0.15, -0.1) is 0 Å². The second-order valence-corrected chi connectivity index (χ2v) is 5.54. The Kier molecular flexibility index (Phi) is 3.44. The number of fused-ring (bicyclic) bond motifs is 1. The molecule has 2 aliphatic heterocycles. The van der Waals surface area contributed by atoms with E-state index in [4.69, 9.17) is 0 Å². The molecule has 0 saturated carbocycles. The van der Waals surface area contributed by atoms with Crippen LogP contribution in [0.1, 0.15) is 18.9 Å². The third-order valence-electron chi connectivity index (χ3n) is 4.05. The fourth-order valence-corrected chi connectivity index (χ4v) is 2.95. The van der Waals surface area contributed by atoms with Crippen molar-refractivity contribution < 1.29 is 9.59 Å². The van der Waals surface area contributed by atoms with Gasteiger partial charge in [-0.3, -0.25) is 9.59 Å². The minimum absolute atomic E-state index is 0.0265. The van der Waals surface area contributed by atoms with Crippen LogP contribution in [-0.2, 0) is 16.1 Å². The molecule has 0 bridgehead atoms. The average Bonchev–Trinajstić information content (AvgIpc) is 2.89. The number of hydrogen-bond donors (Lipinski definition) is 2. The van der Waals surface area contributed by atoms with Gasteiger partial charge in [0.2, 0.25) is 11.8 Å². The molecule has 0 unspecified atom stereocenters. The summed E-state index contributed by atoms with van der Waals surface area (Å²) in [4.78, 5) is 25.7. The Labute approximate surface area is 118 Å². The molecule has 2 fully saturated rings. The van der Waals surface area contributed by atoms with Crippen molar-refractivity contribution in [3.8, 4) is 0 Å². The standard InChI is InChI=1S/C15H19N3O2/c1-10-15(20)18-9-12(7-13(18)14(19)17-10)16-8-11-5-3-2-4-6-11/h2-6,10,12-13,16H,7-9H2,1H3,(H,17,19)/t10-,12+,13+/m1/s1. The van der Waals surface area contributed by atoms with Crippen LogP contribution >= 0.6 is 0 Å². The average molecular weight is 273 g/mol. The van der Waals surface area contributed by atoms with Gasteiger partial charge in [-0.2, -0.15) is 0 Å². The van der Waals surface area contributed by atoms with Crippen molar-refractivity contribution >= 4 is 11.8 Å². The molecule has 0 aromatic heterocycles. The zero-order chi connectivity index (χ0) is 14.1. The lowest BCUT2D eigenvalue weighted by Crippen LogP contribution is -2.60. The lowest BCUT2D eigenvalue weighted by Gasteiger charge is -2.32. The van der Waals surface area contributed by atoms with Crippen molar-refractivity contribution in [2.24, 2.45) is 0 Å². The van der Waals surface area contributed by atoms with Gasteiger partial charge in [0.05, 0.1) is 0 Å². The van der Waals surface area contributed by atoms with Crippen molar-refractivity contribution in [2.45, 2.75) is 38.0 Å². The first kappa shape index (κ1) is 13.1. The van der Waals surface area contributed by atoms with Gasteiger partial charge < -0.3 is 15.5 Å². The van der Waals surface area contributed by atoms with Crippen LogP contribution in [0.2, 0.25) is 0 Å². The van der Waals surface area contributed by atoms with E-state index in [0.717, 1.165) is 6.54 Å². The summed E-state index contributed by atoms with van der Waals surface area (Å²) in [6.45, 7) is 3.12. The molecule has 5 heteroatoms. The summed E-state index contributed by atoms with van der Waals surface area (Å²) in [7, 11) is 0. The Morgan fingerprint density at radius 2 is 2.05 bits per heavy atom. The van der Waals surface area contributed by atoms with Crippen molar-refractivity contribution in [3.63, 3.8) is 0 Å². The van der Waals surface area contributed by atoms with E-state index in [2.05, 4.69) is 22.8 Å². The maximum Gasteiger partial charge on any atom is 0.245 e. The number of hydrogen-bond acceptors (Lipinski definition) is 3. The summed E-state index contributed by atoms with van der Waals surface area (Å²) in [5, 5.41) is 6.17. The second kappa shape index (κ2) is 5.25.